The Morgan fingerprint density at radius 3 is 2.82 bits per heavy atom. The van der Waals surface area contributed by atoms with Crippen molar-refractivity contribution in [2.24, 2.45) is 13.0 Å². The second-order valence-electron chi connectivity index (χ2n) is 7.08. The van der Waals surface area contributed by atoms with E-state index in [4.69, 9.17) is 11.6 Å². The number of aryl methyl sites for hydroxylation is 1. The van der Waals surface area contributed by atoms with Crippen molar-refractivity contribution in [3.63, 3.8) is 0 Å². The standard InChI is InChI=1S/C20H19ClN6O/c1-11(12-3-4-12)25-17-8-18(28)27(2)20-14(17)7-13(10-24-20)26-16-5-6-23-19(21)15(16)9-22/h5-8,10-12,25H,3-4H2,1-2H3,(H,23,26). The number of anilines is 3. The summed E-state index contributed by atoms with van der Waals surface area (Å²) in [5.74, 6) is 0.644. The molecule has 1 unspecified atom stereocenters. The van der Waals surface area contributed by atoms with Crippen molar-refractivity contribution in [2.75, 3.05) is 10.6 Å². The van der Waals surface area contributed by atoms with Crippen molar-refractivity contribution in [3.05, 3.63) is 51.7 Å². The molecule has 0 radical (unpaired) electrons. The van der Waals surface area contributed by atoms with Crippen LogP contribution in [0.4, 0.5) is 17.1 Å². The predicted octanol–water partition coefficient (Wildman–Crippen LogP) is 3.81. The van der Waals surface area contributed by atoms with Gasteiger partial charge in [0.1, 0.15) is 22.4 Å². The molecular formula is C20H19ClN6O. The molecule has 2 N–H and O–H groups in total. The number of aromatic nitrogens is 3. The molecule has 142 valence electrons. The fourth-order valence-electron chi connectivity index (χ4n) is 3.27. The van der Waals surface area contributed by atoms with Gasteiger partial charge in [-0.2, -0.15) is 5.26 Å². The Kier molecular flexibility index (Phi) is 4.65. The van der Waals surface area contributed by atoms with E-state index in [-0.39, 0.29) is 22.3 Å². The van der Waals surface area contributed by atoms with Gasteiger partial charge >= 0.3 is 0 Å². The molecule has 7 nitrogen and oxygen atoms in total. The molecular weight excluding hydrogens is 376 g/mol. The summed E-state index contributed by atoms with van der Waals surface area (Å²) in [4.78, 5) is 20.7. The summed E-state index contributed by atoms with van der Waals surface area (Å²) >= 11 is 6.01. The summed E-state index contributed by atoms with van der Waals surface area (Å²) in [6.07, 6.45) is 5.59. The summed E-state index contributed by atoms with van der Waals surface area (Å²) < 4.78 is 1.52. The molecule has 0 bridgehead atoms. The summed E-state index contributed by atoms with van der Waals surface area (Å²) in [7, 11) is 1.70. The zero-order valence-corrected chi connectivity index (χ0v) is 16.3. The first-order valence-electron chi connectivity index (χ1n) is 9.06. The number of nitrogens with zero attached hydrogens (tertiary/aromatic N) is 4. The van der Waals surface area contributed by atoms with Gasteiger partial charge < -0.3 is 10.6 Å². The van der Waals surface area contributed by atoms with Crippen molar-refractivity contribution in [2.45, 2.75) is 25.8 Å². The zero-order chi connectivity index (χ0) is 19.8. The molecule has 1 saturated carbocycles. The van der Waals surface area contributed by atoms with E-state index in [1.54, 1.807) is 25.4 Å². The quantitative estimate of drug-likeness (QED) is 0.639. The third-order valence-corrected chi connectivity index (χ3v) is 5.37. The molecule has 0 aliphatic heterocycles. The lowest BCUT2D eigenvalue weighted by molar-refractivity contribution is 0.694. The third-order valence-electron chi connectivity index (χ3n) is 5.08. The highest BCUT2D eigenvalue weighted by atomic mass is 35.5. The SMILES string of the molecule is CC(Nc1cc(=O)n(C)c2ncc(Nc3ccnc(Cl)c3C#N)cc12)C1CC1. The summed E-state index contributed by atoms with van der Waals surface area (Å²) in [5.41, 5.74) is 2.75. The van der Waals surface area contributed by atoms with Crippen LogP contribution in [0.5, 0.6) is 0 Å². The largest absolute Gasteiger partial charge is 0.382 e. The van der Waals surface area contributed by atoms with Gasteiger partial charge in [-0.1, -0.05) is 11.6 Å². The lowest BCUT2D eigenvalue weighted by Gasteiger charge is -2.18. The highest BCUT2D eigenvalue weighted by Gasteiger charge is 2.28. The summed E-state index contributed by atoms with van der Waals surface area (Å²) in [6.45, 7) is 2.13. The summed E-state index contributed by atoms with van der Waals surface area (Å²) in [6, 6.07) is 7.56. The van der Waals surface area contributed by atoms with E-state index in [0.717, 1.165) is 11.1 Å². The minimum absolute atomic E-state index is 0.112. The van der Waals surface area contributed by atoms with Gasteiger partial charge in [0.05, 0.1) is 23.3 Å². The molecule has 0 saturated heterocycles. The molecule has 1 aliphatic rings. The average molecular weight is 395 g/mol. The van der Waals surface area contributed by atoms with E-state index < -0.39 is 0 Å². The van der Waals surface area contributed by atoms with Crippen LogP contribution in [0.3, 0.4) is 0 Å². The lowest BCUT2D eigenvalue weighted by Crippen LogP contribution is -2.22. The van der Waals surface area contributed by atoms with Crippen molar-refractivity contribution in [1.82, 2.24) is 14.5 Å². The van der Waals surface area contributed by atoms with Crippen molar-refractivity contribution < 1.29 is 0 Å². The number of fused-ring (bicyclic) bond motifs is 1. The smallest absolute Gasteiger partial charge is 0.253 e. The van der Waals surface area contributed by atoms with Crippen molar-refractivity contribution in [1.29, 1.82) is 5.26 Å². The van der Waals surface area contributed by atoms with E-state index >= 15 is 0 Å². The Balaban J connectivity index is 1.77. The maximum absolute atomic E-state index is 12.3. The van der Waals surface area contributed by atoms with Gasteiger partial charge in [-0.25, -0.2) is 9.97 Å². The predicted molar refractivity (Wildman–Crippen MR) is 110 cm³/mol. The average Bonchev–Trinajstić information content (AvgIpc) is 3.51. The van der Waals surface area contributed by atoms with Crippen LogP contribution < -0.4 is 16.2 Å². The van der Waals surface area contributed by atoms with Crippen LogP contribution in [-0.2, 0) is 7.05 Å². The Hall–Kier alpha value is -3.11. The first kappa shape index (κ1) is 18.3. The van der Waals surface area contributed by atoms with E-state index in [2.05, 4.69) is 33.6 Å². The van der Waals surface area contributed by atoms with Gasteiger partial charge in [0.2, 0.25) is 0 Å². The Labute approximate surface area is 167 Å². The molecule has 1 fully saturated rings. The van der Waals surface area contributed by atoms with Crippen LogP contribution in [0.2, 0.25) is 5.15 Å². The fourth-order valence-corrected chi connectivity index (χ4v) is 3.48. The van der Waals surface area contributed by atoms with Gasteiger partial charge in [-0.15, -0.1) is 0 Å². The van der Waals surface area contributed by atoms with Crippen LogP contribution in [0.1, 0.15) is 25.3 Å². The van der Waals surface area contributed by atoms with Gasteiger partial charge in [-0.05, 0) is 37.8 Å². The number of nitriles is 1. The number of hydrogen-bond acceptors (Lipinski definition) is 6. The van der Waals surface area contributed by atoms with Gasteiger partial charge in [-0.3, -0.25) is 9.36 Å². The molecule has 0 amide bonds. The molecule has 1 aliphatic carbocycles. The minimum Gasteiger partial charge on any atom is -0.382 e. The highest BCUT2D eigenvalue weighted by molar-refractivity contribution is 6.31. The lowest BCUT2D eigenvalue weighted by atomic mass is 10.1. The molecule has 8 heteroatoms. The summed E-state index contributed by atoms with van der Waals surface area (Å²) in [5, 5.41) is 17.0. The monoisotopic (exact) mass is 394 g/mol. The topological polar surface area (TPSA) is 95.6 Å². The maximum atomic E-state index is 12.3. The van der Waals surface area contributed by atoms with Crippen molar-refractivity contribution in [3.8, 4) is 6.07 Å². The molecule has 3 heterocycles. The van der Waals surface area contributed by atoms with Crippen LogP contribution in [0, 0.1) is 17.2 Å². The van der Waals surface area contributed by atoms with Crippen molar-refractivity contribution >= 4 is 39.7 Å². The van der Waals surface area contributed by atoms with E-state index in [9.17, 15) is 10.1 Å². The number of pyridine rings is 3. The van der Waals surface area contributed by atoms with Crippen LogP contribution in [0.25, 0.3) is 11.0 Å². The van der Waals surface area contributed by atoms with Gasteiger partial charge in [0, 0.05) is 30.7 Å². The van der Waals surface area contributed by atoms with E-state index in [1.807, 2.05) is 6.07 Å². The number of halogens is 1. The first-order valence-corrected chi connectivity index (χ1v) is 9.43. The Bertz CT molecular complexity index is 1160. The molecule has 4 rings (SSSR count). The van der Waals surface area contributed by atoms with Crippen LogP contribution in [-0.4, -0.2) is 20.6 Å². The number of hydrogen-bond donors (Lipinski definition) is 2. The number of rotatable bonds is 5. The molecule has 0 spiro atoms. The second kappa shape index (κ2) is 7.13. The maximum Gasteiger partial charge on any atom is 0.253 e. The zero-order valence-electron chi connectivity index (χ0n) is 15.5. The Morgan fingerprint density at radius 2 is 2.11 bits per heavy atom. The second-order valence-corrected chi connectivity index (χ2v) is 7.44. The van der Waals surface area contributed by atoms with Crippen LogP contribution >= 0.6 is 11.6 Å². The molecule has 28 heavy (non-hydrogen) atoms. The molecule has 1 atom stereocenters. The van der Waals surface area contributed by atoms with Gasteiger partial charge in [0.25, 0.3) is 5.56 Å². The van der Waals surface area contributed by atoms with E-state index in [1.165, 1.54) is 23.6 Å². The van der Waals surface area contributed by atoms with Gasteiger partial charge in [0.15, 0.2) is 0 Å². The van der Waals surface area contributed by atoms with Crippen LogP contribution in [0.15, 0.2) is 35.4 Å². The molecule has 3 aromatic rings. The first-order chi connectivity index (χ1) is 13.5. The fraction of sp³-hybridized carbons (Fsp3) is 0.300. The van der Waals surface area contributed by atoms with E-state index in [0.29, 0.717) is 22.9 Å². The Morgan fingerprint density at radius 1 is 1.32 bits per heavy atom. The highest BCUT2D eigenvalue weighted by Crippen LogP contribution is 2.35. The molecule has 3 aromatic heterocycles. The minimum atomic E-state index is -0.112. The molecule has 0 aromatic carbocycles. The third kappa shape index (κ3) is 3.39. The number of nitrogens with one attached hydrogen (secondary N) is 2. The normalized spacial score (nSPS) is 14.5.